The fraction of sp³-hybridized carbons (Fsp3) is 0.385. The molecular formula is C13H14N2O2. The second kappa shape index (κ2) is 3.96. The van der Waals surface area contributed by atoms with Crippen LogP contribution in [-0.4, -0.2) is 17.3 Å². The second-order valence-corrected chi connectivity index (χ2v) is 4.41. The molecule has 1 N–H and O–H groups in total. The number of Topliss-reactive ketones (excluding diaryl/α,β-unsaturated/α-hetero) is 1. The molecule has 0 amide bonds. The summed E-state index contributed by atoms with van der Waals surface area (Å²) in [5.41, 5.74) is 1.99. The number of hydrogen-bond donors (Lipinski definition) is 1. The van der Waals surface area contributed by atoms with Crippen molar-refractivity contribution in [2.45, 2.75) is 25.8 Å². The van der Waals surface area contributed by atoms with Gasteiger partial charge in [-0.3, -0.25) is 4.79 Å². The highest BCUT2D eigenvalue weighted by molar-refractivity contribution is 6.04. The Labute approximate surface area is 99.0 Å². The van der Waals surface area contributed by atoms with Crippen molar-refractivity contribution in [3.63, 3.8) is 0 Å². The first-order valence-electron chi connectivity index (χ1n) is 5.89. The van der Waals surface area contributed by atoms with Gasteiger partial charge in [-0.1, -0.05) is 6.07 Å². The Bertz CT molecular complexity index is 568. The molecule has 4 nitrogen and oxygen atoms in total. The molecule has 1 aliphatic rings. The zero-order chi connectivity index (χ0) is 11.8. The lowest BCUT2D eigenvalue weighted by atomic mass is 10.1. The molecule has 88 valence electrons. The van der Waals surface area contributed by atoms with Gasteiger partial charge in [0.1, 0.15) is 5.52 Å². The van der Waals surface area contributed by atoms with E-state index in [2.05, 4.69) is 10.3 Å². The van der Waals surface area contributed by atoms with E-state index in [-0.39, 0.29) is 11.8 Å². The number of fused-ring (bicyclic) bond motifs is 1. The van der Waals surface area contributed by atoms with Crippen LogP contribution in [0.3, 0.4) is 0 Å². The lowest BCUT2D eigenvalue weighted by Crippen LogP contribution is -2.12. The van der Waals surface area contributed by atoms with Crippen molar-refractivity contribution in [3.05, 3.63) is 29.7 Å². The molecule has 0 radical (unpaired) electrons. The molecule has 0 bridgehead atoms. The molecule has 2 heterocycles. The molecular weight excluding hydrogens is 216 g/mol. The van der Waals surface area contributed by atoms with Crippen LogP contribution in [0.25, 0.3) is 11.1 Å². The van der Waals surface area contributed by atoms with Crippen LogP contribution in [-0.2, 0) is 0 Å². The summed E-state index contributed by atoms with van der Waals surface area (Å²) in [5, 5.41) is 3.34. The number of nitrogens with one attached hydrogen (secondary N) is 1. The molecule has 0 spiro atoms. The third-order valence-corrected chi connectivity index (χ3v) is 3.17. The Morgan fingerprint density at radius 2 is 2.41 bits per heavy atom. The van der Waals surface area contributed by atoms with E-state index in [4.69, 9.17) is 4.42 Å². The first-order chi connectivity index (χ1) is 8.25. The second-order valence-electron chi connectivity index (χ2n) is 4.41. The lowest BCUT2D eigenvalue weighted by Gasteiger charge is -2.02. The number of ketones is 1. The summed E-state index contributed by atoms with van der Waals surface area (Å²) in [6.07, 6.45) is 2.19. The van der Waals surface area contributed by atoms with Gasteiger partial charge < -0.3 is 9.73 Å². The van der Waals surface area contributed by atoms with Gasteiger partial charge in [0.25, 0.3) is 0 Å². The molecule has 1 aromatic heterocycles. The predicted octanol–water partition coefficient (Wildman–Crippen LogP) is 2.45. The maximum absolute atomic E-state index is 11.5. The van der Waals surface area contributed by atoms with E-state index >= 15 is 0 Å². The average Bonchev–Trinajstić information content (AvgIpc) is 2.96. The largest absolute Gasteiger partial charge is 0.438 e. The van der Waals surface area contributed by atoms with Gasteiger partial charge in [0.2, 0.25) is 5.89 Å². The summed E-state index contributed by atoms with van der Waals surface area (Å²) in [4.78, 5) is 15.9. The van der Waals surface area contributed by atoms with Gasteiger partial charge in [-0.05, 0) is 38.4 Å². The molecule has 0 saturated carbocycles. The molecule has 2 aromatic rings. The Morgan fingerprint density at radius 3 is 3.12 bits per heavy atom. The Morgan fingerprint density at radius 1 is 1.53 bits per heavy atom. The predicted molar refractivity (Wildman–Crippen MR) is 64.0 cm³/mol. The SMILES string of the molecule is CC(=O)c1cccc2nc(C3CCCN3)oc12. The number of hydrogen-bond acceptors (Lipinski definition) is 4. The Kier molecular flexibility index (Phi) is 2.44. The van der Waals surface area contributed by atoms with Crippen LogP contribution < -0.4 is 5.32 Å². The summed E-state index contributed by atoms with van der Waals surface area (Å²) in [7, 11) is 0. The number of carbonyl (C=O) groups is 1. The quantitative estimate of drug-likeness (QED) is 0.805. The van der Waals surface area contributed by atoms with Gasteiger partial charge >= 0.3 is 0 Å². The van der Waals surface area contributed by atoms with E-state index < -0.39 is 0 Å². The van der Waals surface area contributed by atoms with Crippen molar-refractivity contribution >= 4 is 16.9 Å². The van der Waals surface area contributed by atoms with Crippen LogP contribution in [0, 0.1) is 0 Å². The van der Waals surface area contributed by atoms with Gasteiger partial charge in [0.05, 0.1) is 11.6 Å². The van der Waals surface area contributed by atoms with Crippen molar-refractivity contribution in [2.24, 2.45) is 0 Å². The minimum Gasteiger partial charge on any atom is -0.438 e. The molecule has 1 fully saturated rings. The first-order valence-corrected chi connectivity index (χ1v) is 5.89. The summed E-state index contributed by atoms with van der Waals surface area (Å²) >= 11 is 0. The van der Waals surface area contributed by atoms with Crippen molar-refractivity contribution < 1.29 is 9.21 Å². The number of rotatable bonds is 2. The van der Waals surface area contributed by atoms with Gasteiger partial charge in [-0.25, -0.2) is 4.98 Å². The summed E-state index contributed by atoms with van der Waals surface area (Å²) in [6, 6.07) is 5.70. The highest BCUT2D eigenvalue weighted by atomic mass is 16.4. The highest BCUT2D eigenvalue weighted by Crippen LogP contribution is 2.27. The van der Waals surface area contributed by atoms with Crippen molar-refractivity contribution in [3.8, 4) is 0 Å². The van der Waals surface area contributed by atoms with E-state index in [9.17, 15) is 4.79 Å². The maximum Gasteiger partial charge on any atom is 0.212 e. The monoisotopic (exact) mass is 230 g/mol. The molecule has 1 atom stereocenters. The molecule has 17 heavy (non-hydrogen) atoms. The van der Waals surface area contributed by atoms with Crippen molar-refractivity contribution in [1.29, 1.82) is 0 Å². The maximum atomic E-state index is 11.5. The van der Waals surface area contributed by atoms with Crippen LogP contribution in [0.4, 0.5) is 0 Å². The van der Waals surface area contributed by atoms with E-state index in [0.717, 1.165) is 24.9 Å². The van der Waals surface area contributed by atoms with E-state index in [1.165, 1.54) is 0 Å². The summed E-state index contributed by atoms with van der Waals surface area (Å²) in [5.74, 6) is 0.712. The average molecular weight is 230 g/mol. The minimum atomic E-state index is 0.0117. The van der Waals surface area contributed by atoms with E-state index in [1.807, 2.05) is 12.1 Å². The highest BCUT2D eigenvalue weighted by Gasteiger charge is 2.22. The fourth-order valence-electron chi connectivity index (χ4n) is 2.29. The van der Waals surface area contributed by atoms with E-state index in [1.54, 1.807) is 13.0 Å². The fourth-order valence-corrected chi connectivity index (χ4v) is 2.29. The first kappa shape index (κ1) is 10.5. The smallest absolute Gasteiger partial charge is 0.212 e. The standard InChI is InChI=1S/C13H14N2O2/c1-8(16)9-4-2-5-10-12(9)17-13(15-10)11-6-3-7-14-11/h2,4-5,11,14H,3,6-7H2,1H3. The molecule has 4 heteroatoms. The number of carbonyl (C=O) groups excluding carboxylic acids is 1. The van der Waals surface area contributed by atoms with Crippen LogP contribution in [0.5, 0.6) is 0 Å². The van der Waals surface area contributed by atoms with E-state index in [0.29, 0.717) is 17.0 Å². The van der Waals surface area contributed by atoms with Gasteiger partial charge in [0.15, 0.2) is 11.4 Å². The summed E-state index contributed by atoms with van der Waals surface area (Å²) in [6.45, 7) is 2.55. The lowest BCUT2D eigenvalue weighted by molar-refractivity contribution is 0.101. The van der Waals surface area contributed by atoms with Gasteiger partial charge in [0, 0.05) is 0 Å². The molecule has 1 unspecified atom stereocenters. The number of aromatic nitrogens is 1. The third kappa shape index (κ3) is 1.74. The molecule has 3 rings (SSSR count). The molecule has 0 aliphatic carbocycles. The molecule has 1 aromatic carbocycles. The number of benzene rings is 1. The van der Waals surface area contributed by atoms with Crippen LogP contribution in [0.15, 0.2) is 22.6 Å². The van der Waals surface area contributed by atoms with Crippen LogP contribution in [0.1, 0.15) is 42.1 Å². The zero-order valence-corrected chi connectivity index (χ0v) is 9.69. The van der Waals surface area contributed by atoms with Gasteiger partial charge in [-0.2, -0.15) is 0 Å². The third-order valence-electron chi connectivity index (χ3n) is 3.17. The minimum absolute atomic E-state index is 0.0117. The van der Waals surface area contributed by atoms with Crippen molar-refractivity contribution in [1.82, 2.24) is 10.3 Å². The van der Waals surface area contributed by atoms with Crippen molar-refractivity contribution in [2.75, 3.05) is 6.54 Å². The zero-order valence-electron chi connectivity index (χ0n) is 9.69. The van der Waals surface area contributed by atoms with Crippen LogP contribution >= 0.6 is 0 Å². The number of para-hydroxylation sites is 1. The Hall–Kier alpha value is -1.68. The topological polar surface area (TPSA) is 55.1 Å². The number of oxazole rings is 1. The Balaban J connectivity index is 2.11. The normalized spacial score (nSPS) is 19.9. The molecule has 1 aliphatic heterocycles. The van der Waals surface area contributed by atoms with Crippen LogP contribution in [0.2, 0.25) is 0 Å². The number of nitrogens with zero attached hydrogens (tertiary/aromatic N) is 1. The summed E-state index contributed by atoms with van der Waals surface area (Å²) < 4.78 is 5.75. The van der Waals surface area contributed by atoms with Gasteiger partial charge in [-0.15, -0.1) is 0 Å². The molecule has 1 saturated heterocycles.